The maximum atomic E-state index is 6.10. The van der Waals surface area contributed by atoms with Crippen LogP contribution in [-0.2, 0) is 12.3 Å². The van der Waals surface area contributed by atoms with E-state index in [0.29, 0.717) is 6.54 Å². The smallest absolute Gasteiger partial charge is 0.192 e. The number of benzene rings is 2. The van der Waals surface area contributed by atoms with Gasteiger partial charge in [0.05, 0.1) is 6.54 Å². The fourth-order valence-electron chi connectivity index (χ4n) is 2.79. The van der Waals surface area contributed by atoms with Crippen LogP contribution >= 0.6 is 23.4 Å². The molecule has 0 aliphatic carbocycles. The zero-order valence-electron chi connectivity index (χ0n) is 14.5. The van der Waals surface area contributed by atoms with E-state index in [9.17, 15) is 0 Å². The van der Waals surface area contributed by atoms with E-state index in [1.54, 1.807) is 18.0 Å². The van der Waals surface area contributed by atoms with Gasteiger partial charge in [0.25, 0.3) is 0 Å². The molecule has 0 atom stereocenters. The molecule has 0 saturated heterocycles. The lowest BCUT2D eigenvalue weighted by molar-refractivity contribution is 0.714. The first-order chi connectivity index (χ1) is 13.3. The standard InChI is InChI=1S/C21H17ClN4S/c22-19-10-4-8-17(12-19)15-27-21-25-24-20(18-9-5-11-23-13-18)26(21)14-16-6-2-1-3-7-16/h1-13H,14-15H2. The zero-order valence-corrected chi connectivity index (χ0v) is 16.1. The van der Waals surface area contributed by atoms with E-state index < -0.39 is 0 Å². The van der Waals surface area contributed by atoms with Crippen LogP contribution in [-0.4, -0.2) is 19.7 Å². The van der Waals surface area contributed by atoms with Crippen molar-refractivity contribution in [3.05, 3.63) is 95.3 Å². The van der Waals surface area contributed by atoms with E-state index in [1.165, 1.54) is 5.56 Å². The minimum atomic E-state index is 0.704. The molecule has 134 valence electrons. The van der Waals surface area contributed by atoms with E-state index in [0.717, 1.165) is 32.9 Å². The molecular formula is C21H17ClN4S. The number of nitrogens with zero attached hydrogens (tertiary/aromatic N) is 4. The normalized spacial score (nSPS) is 10.9. The molecule has 0 N–H and O–H groups in total. The topological polar surface area (TPSA) is 43.6 Å². The van der Waals surface area contributed by atoms with Gasteiger partial charge in [0, 0.05) is 28.7 Å². The highest BCUT2D eigenvalue weighted by molar-refractivity contribution is 7.98. The highest BCUT2D eigenvalue weighted by atomic mass is 35.5. The summed E-state index contributed by atoms with van der Waals surface area (Å²) in [5.41, 5.74) is 3.31. The summed E-state index contributed by atoms with van der Waals surface area (Å²) in [5, 5.41) is 10.5. The average Bonchev–Trinajstić information content (AvgIpc) is 3.10. The first kappa shape index (κ1) is 17.8. The van der Waals surface area contributed by atoms with E-state index in [-0.39, 0.29) is 0 Å². The van der Waals surface area contributed by atoms with Crippen LogP contribution in [0.25, 0.3) is 11.4 Å². The number of halogens is 1. The van der Waals surface area contributed by atoms with E-state index in [1.807, 2.05) is 54.7 Å². The van der Waals surface area contributed by atoms with Crippen molar-refractivity contribution in [1.82, 2.24) is 19.7 Å². The number of pyridine rings is 1. The monoisotopic (exact) mass is 392 g/mol. The van der Waals surface area contributed by atoms with Gasteiger partial charge in [-0.05, 0) is 35.4 Å². The van der Waals surface area contributed by atoms with Gasteiger partial charge in [-0.2, -0.15) is 0 Å². The number of rotatable bonds is 6. The fourth-order valence-corrected chi connectivity index (χ4v) is 3.88. The Balaban J connectivity index is 1.65. The molecule has 27 heavy (non-hydrogen) atoms. The number of hydrogen-bond donors (Lipinski definition) is 0. The molecule has 2 heterocycles. The summed E-state index contributed by atoms with van der Waals surface area (Å²) in [6.45, 7) is 0.704. The lowest BCUT2D eigenvalue weighted by Gasteiger charge is -2.10. The average molecular weight is 393 g/mol. The Morgan fingerprint density at radius 2 is 1.74 bits per heavy atom. The summed E-state index contributed by atoms with van der Waals surface area (Å²) in [6, 6.07) is 22.1. The Kier molecular flexibility index (Phi) is 5.51. The molecule has 0 unspecified atom stereocenters. The van der Waals surface area contributed by atoms with Crippen molar-refractivity contribution in [2.75, 3.05) is 0 Å². The van der Waals surface area contributed by atoms with Crippen LogP contribution in [0.5, 0.6) is 0 Å². The maximum Gasteiger partial charge on any atom is 0.192 e. The molecule has 4 aromatic rings. The van der Waals surface area contributed by atoms with Crippen LogP contribution in [0.1, 0.15) is 11.1 Å². The summed E-state index contributed by atoms with van der Waals surface area (Å²) in [7, 11) is 0. The van der Waals surface area contributed by atoms with Crippen molar-refractivity contribution in [2.45, 2.75) is 17.5 Å². The van der Waals surface area contributed by atoms with Crippen molar-refractivity contribution in [1.29, 1.82) is 0 Å². The highest BCUT2D eigenvalue weighted by Gasteiger charge is 2.15. The molecule has 0 saturated carbocycles. The van der Waals surface area contributed by atoms with Gasteiger partial charge in [0.2, 0.25) is 0 Å². The lowest BCUT2D eigenvalue weighted by atomic mass is 10.2. The van der Waals surface area contributed by atoms with E-state index in [4.69, 9.17) is 11.6 Å². The Bertz CT molecular complexity index is 1020. The third-order valence-electron chi connectivity index (χ3n) is 4.08. The van der Waals surface area contributed by atoms with Crippen LogP contribution in [0.15, 0.2) is 84.3 Å². The second kappa shape index (κ2) is 8.37. The molecular weight excluding hydrogens is 376 g/mol. The molecule has 0 aliphatic rings. The lowest BCUT2D eigenvalue weighted by Crippen LogP contribution is -2.04. The number of thioether (sulfide) groups is 1. The molecule has 0 amide bonds. The zero-order chi connectivity index (χ0) is 18.5. The van der Waals surface area contributed by atoms with Gasteiger partial charge < -0.3 is 0 Å². The minimum Gasteiger partial charge on any atom is -0.297 e. The maximum absolute atomic E-state index is 6.10. The SMILES string of the molecule is Clc1cccc(CSc2nnc(-c3cccnc3)n2Cc2ccccc2)c1. The van der Waals surface area contributed by atoms with Gasteiger partial charge in [0.1, 0.15) is 0 Å². The van der Waals surface area contributed by atoms with Gasteiger partial charge in [0.15, 0.2) is 11.0 Å². The second-order valence-corrected chi connectivity index (χ2v) is 7.42. The Hall–Kier alpha value is -2.63. The molecule has 0 aliphatic heterocycles. The first-order valence-electron chi connectivity index (χ1n) is 8.54. The number of hydrogen-bond acceptors (Lipinski definition) is 4. The molecule has 2 aromatic heterocycles. The predicted molar refractivity (Wildman–Crippen MR) is 110 cm³/mol. The largest absolute Gasteiger partial charge is 0.297 e. The van der Waals surface area contributed by atoms with Crippen molar-refractivity contribution >= 4 is 23.4 Å². The van der Waals surface area contributed by atoms with Gasteiger partial charge in [-0.15, -0.1) is 10.2 Å². The summed E-state index contributed by atoms with van der Waals surface area (Å²) >= 11 is 7.75. The second-order valence-electron chi connectivity index (χ2n) is 6.04. The van der Waals surface area contributed by atoms with Gasteiger partial charge in [-0.1, -0.05) is 65.8 Å². The van der Waals surface area contributed by atoms with E-state index >= 15 is 0 Å². The summed E-state index contributed by atoms with van der Waals surface area (Å²) < 4.78 is 2.14. The van der Waals surface area contributed by atoms with Crippen molar-refractivity contribution < 1.29 is 0 Å². The summed E-state index contributed by atoms with van der Waals surface area (Å²) in [6.07, 6.45) is 3.58. The Morgan fingerprint density at radius 3 is 2.52 bits per heavy atom. The summed E-state index contributed by atoms with van der Waals surface area (Å²) in [5.74, 6) is 1.60. The third-order valence-corrected chi connectivity index (χ3v) is 5.35. The van der Waals surface area contributed by atoms with Crippen molar-refractivity contribution in [2.24, 2.45) is 0 Å². The minimum absolute atomic E-state index is 0.704. The third kappa shape index (κ3) is 4.38. The van der Waals surface area contributed by atoms with Crippen LogP contribution in [0.3, 0.4) is 0 Å². The summed E-state index contributed by atoms with van der Waals surface area (Å²) in [4.78, 5) is 4.22. The quantitative estimate of drug-likeness (QED) is 0.416. The van der Waals surface area contributed by atoms with Crippen LogP contribution in [0.4, 0.5) is 0 Å². The van der Waals surface area contributed by atoms with Crippen LogP contribution in [0.2, 0.25) is 5.02 Å². The Morgan fingerprint density at radius 1 is 0.889 bits per heavy atom. The molecule has 4 nitrogen and oxygen atoms in total. The predicted octanol–water partition coefficient (Wildman–Crippen LogP) is 5.33. The molecule has 2 aromatic carbocycles. The first-order valence-corrected chi connectivity index (χ1v) is 9.91. The number of aromatic nitrogens is 4. The highest BCUT2D eigenvalue weighted by Crippen LogP contribution is 2.27. The van der Waals surface area contributed by atoms with Gasteiger partial charge >= 0.3 is 0 Å². The van der Waals surface area contributed by atoms with E-state index in [2.05, 4.69) is 37.9 Å². The van der Waals surface area contributed by atoms with Crippen LogP contribution < -0.4 is 0 Å². The molecule has 0 bridgehead atoms. The van der Waals surface area contributed by atoms with Crippen molar-refractivity contribution in [3.8, 4) is 11.4 Å². The van der Waals surface area contributed by atoms with Gasteiger partial charge in [-0.3, -0.25) is 9.55 Å². The van der Waals surface area contributed by atoms with Crippen molar-refractivity contribution in [3.63, 3.8) is 0 Å². The fraction of sp³-hybridized carbons (Fsp3) is 0.0952. The van der Waals surface area contributed by atoms with Crippen LogP contribution in [0, 0.1) is 0 Å². The molecule has 0 spiro atoms. The molecule has 0 fully saturated rings. The van der Waals surface area contributed by atoms with Gasteiger partial charge in [-0.25, -0.2) is 0 Å². The molecule has 0 radical (unpaired) electrons. The molecule has 6 heteroatoms. The Labute approximate surface area is 167 Å². The molecule has 4 rings (SSSR count).